The van der Waals surface area contributed by atoms with Crippen LogP contribution >= 0.6 is 0 Å². The number of hydrogen-bond donors (Lipinski definition) is 2. The predicted octanol–water partition coefficient (Wildman–Crippen LogP) is 1.26. The molecule has 0 aliphatic carbocycles. The summed E-state index contributed by atoms with van der Waals surface area (Å²) in [5.74, 6) is 6.08. The van der Waals surface area contributed by atoms with Crippen molar-refractivity contribution in [1.82, 2.24) is 9.97 Å². The first-order valence-electron chi connectivity index (χ1n) is 5.49. The summed E-state index contributed by atoms with van der Waals surface area (Å²) in [5, 5.41) is 0. The maximum Gasteiger partial charge on any atom is 0.240 e. The van der Waals surface area contributed by atoms with E-state index < -0.39 is 0 Å². The van der Waals surface area contributed by atoms with E-state index in [1.165, 1.54) is 0 Å². The number of nitrogen functional groups attached to an aromatic ring is 1. The smallest absolute Gasteiger partial charge is 0.240 e. The number of hydrogen-bond acceptors (Lipinski definition) is 6. The molecule has 1 rings (SSSR count). The molecule has 0 atom stereocenters. The Balaban J connectivity index is 2.46. The highest BCUT2D eigenvalue weighted by atomic mass is 16.5. The van der Waals surface area contributed by atoms with E-state index in [-0.39, 0.29) is 5.60 Å². The fraction of sp³-hybridized carbons (Fsp3) is 0.636. The van der Waals surface area contributed by atoms with Gasteiger partial charge in [-0.05, 0) is 27.7 Å². The number of rotatable bonds is 5. The Hall–Kier alpha value is -1.40. The van der Waals surface area contributed by atoms with E-state index in [0.717, 1.165) is 5.56 Å². The lowest BCUT2D eigenvalue weighted by Gasteiger charge is -2.19. The molecule has 1 heterocycles. The van der Waals surface area contributed by atoms with Gasteiger partial charge in [0, 0.05) is 11.8 Å². The van der Waals surface area contributed by atoms with Crippen LogP contribution < -0.4 is 16.0 Å². The number of aromatic nitrogens is 2. The Morgan fingerprint density at radius 1 is 1.35 bits per heavy atom. The maximum atomic E-state index is 5.54. The van der Waals surface area contributed by atoms with Gasteiger partial charge < -0.3 is 9.47 Å². The SMILES string of the molecule is Cc1cnc(NN)nc1OCCOC(C)(C)C. The van der Waals surface area contributed by atoms with Crippen LogP contribution in [0.3, 0.4) is 0 Å². The van der Waals surface area contributed by atoms with Gasteiger partial charge in [-0.2, -0.15) is 4.98 Å². The molecule has 0 amide bonds. The third-order valence-electron chi connectivity index (χ3n) is 1.91. The van der Waals surface area contributed by atoms with Crippen LogP contribution in [0, 0.1) is 6.92 Å². The van der Waals surface area contributed by atoms with Crippen molar-refractivity contribution < 1.29 is 9.47 Å². The summed E-state index contributed by atoms with van der Waals surface area (Å²) < 4.78 is 11.0. The molecule has 0 radical (unpaired) electrons. The summed E-state index contributed by atoms with van der Waals surface area (Å²) in [5.41, 5.74) is 3.08. The van der Waals surface area contributed by atoms with Gasteiger partial charge in [-0.3, -0.25) is 5.43 Å². The molecule has 0 aliphatic rings. The number of aryl methyl sites for hydroxylation is 1. The molecule has 0 bridgehead atoms. The Labute approximate surface area is 102 Å². The van der Waals surface area contributed by atoms with E-state index in [4.69, 9.17) is 15.3 Å². The molecule has 0 saturated heterocycles. The number of nitrogens with zero attached hydrogens (tertiary/aromatic N) is 2. The van der Waals surface area contributed by atoms with Crippen molar-refractivity contribution in [2.24, 2.45) is 5.84 Å². The minimum absolute atomic E-state index is 0.159. The molecule has 96 valence electrons. The highest BCUT2D eigenvalue weighted by Crippen LogP contribution is 2.14. The molecule has 0 saturated carbocycles. The van der Waals surface area contributed by atoms with E-state index >= 15 is 0 Å². The van der Waals surface area contributed by atoms with Gasteiger partial charge in [0.25, 0.3) is 0 Å². The van der Waals surface area contributed by atoms with Crippen molar-refractivity contribution in [1.29, 1.82) is 0 Å². The Morgan fingerprint density at radius 2 is 2.06 bits per heavy atom. The van der Waals surface area contributed by atoms with Gasteiger partial charge in [0.1, 0.15) is 6.61 Å². The van der Waals surface area contributed by atoms with Crippen LogP contribution in [0.1, 0.15) is 26.3 Å². The predicted molar refractivity (Wildman–Crippen MR) is 65.8 cm³/mol. The van der Waals surface area contributed by atoms with Crippen molar-refractivity contribution in [2.45, 2.75) is 33.3 Å². The van der Waals surface area contributed by atoms with Gasteiger partial charge in [-0.1, -0.05) is 0 Å². The Kier molecular flexibility index (Phi) is 4.65. The van der Waals surface area contributed by atoms with Crippen molar-refractivity contribution in [3.8, 4) is 5.88 Å². The minimum Gasteiger partial charge on any atom is -0.475 e. The first-order chi connectivity index (χ1) is 7.92. The van der Waals surface area contributed by atoms with Gasteiger partial charge in [0.05, 0.1) is 12.2 Å². The van der Waals surface area contributed by atoms with Crippen LogP contribution in [0.25, 0.3) is 0 Å². The topological polar surface area (TPSA) is 82.3 Å². The lowest BCUT2D eigenvalue weighted by Crippen LogP contribution is -2.22. The average molecular weight is 240 g/mol. The molecule has 6 heteroatoms. The van der Waals surface area contributed by atoms with E-state index in [2.05, 4.69) is 15.4 Å². The third-order valence-corrected chi connectivity index (χ3v) is 1.91. The number of ether oxygens (including phenoxy) is 2. The van der Waals surface area contributed by atoms with Gasteiger partial charge >= 0.3 is 0 Å². The standard InChI is InChI=1S/C11H20N4O2/c1-8-7-13-10(15-12)14-9(8)16-5-6-17-11(2,3)4/h7H,5-6,12H2,1-4H3,(H,13,14,15). The number of hydrazine groups is 1. The minimum atomic E-state index is -0.159. The van der Waals surface area contributed by atoms with Crippen LogP contribution in [-0.4, -0.2) is 28.8 Å². The second-order valence-corrected chi connectivity index (χ2v) is 4.64. The molecule has 6 nitrogen and oxygen atoms in total. The molecule has 0 aromatic carbocycles. The molecule has 0 fully saturated rings. The zero-order valence-electron chi connectivity index (χ0n) is 10.8. The molecule has 1 aromatic rings. The quantitative estimate of drug-likeness (QED) is 0.458. The fourth-order valence-electron chi connectivity index (χ4n) is 1.13. The second kappa shape index (κ2) is 5.79. The van der Waals surface area contributed by atoms with Crippen molar-refractivity contribution in [3.63, 3.8) is 0 Å². The average Bonchev–Trinajstić information content (AvgIpc) is 2.25. The van der Waals surface area contributed by atoms with Crippen LogP contribution in [0.5, 0.6) is 5.88 Å². The normalized spacial score (nSPS) is 11.4. The number of nitrogens with two attached hydrogens (primary N) is 1. The summed E-state index contributed by atoms with van der Waals surface area (Å²) in [7, 11) is 0. The lowest BCUT2D eigenvalue weighted by atomic mass is 10.2. The summed E-state index contributed by atoms with van der Waals surface area (Å²) in [6, 6.07) is 0. The number of anilines is 1. The summed E-state index contributed by atoms with van der Waals surface area (Å²) in [4.78, 5) is 8.07. The van der Waals surface area contributed by atoms with Gasteiger partial charge in [-0.15, -0.1) is 0 Å². The lowest BCUT2D eigenvalue weighted by molar-refractivity contribution is -0.0168. The molecule has 0 unspecified atom stereocenters. The largest absolute Gasteiger partial charge is 0.475 e. The Morgan fingerprint density at radius 3 is 2.65 bits per heavy atom. The van der Waals surface area contributed by atoms with Crippen LogP contribution in [0.4, 0.5) is 5.95 Å². The number of nitrogens with one attached hydrogen (secondary N) is 1. The van der Waals surface area contributed by atoms with Crippen LogP contribution in [0.15, 0.2) is 6.20 Å². The zero-order valence-corrected chi connectivity index (χ0v) is 10.8. The first kappa shape index (κ1) is 13.7. The molecule has 1 aromatic heterocycles. The van der Waals surface area contributed by atoms with Crippen molar-refractivity contribution in [2.75, 3.05) is 18.6 Å². The van der Waals surface area contributed by atoms with Crippen LogP contribution in [0.2, 0.25) is 0 Å². The van der Waals surface area contributed by atoms with E-state index in [1.54, 1.807) is 6.20 Å². The molecular formula is C11H20N4O2. The summed E-state index contributed by atoms with van der Waals surface area (Å²) in [6.45, 7) is 8.83. The van der Waals surface area contributed by atoms with Gasteiger partial charge in [-0.25, -0.2) is 10.8 Å². The van der Waals surface area contributed by atoms with E-state index in [1.807, 2.05) is 27.7 Å². The van der Waals surface area contributed by atoms with Crippen molar-refractivity contribution in [3.05, 3.63) is 11.8 Å². The highest BCUT2D eigenvalue weighted by molar-refractivity contribution is 5.31. The first-order valence-corrected chi connectivity index (χ1v) is 5.49. The zero-order chi connectivity index (χ0) is 12.9. The fourth-order valence-corrected chi connectivity index (χ4v) is 1.13. The monoisotopic (exact) mass is 240 g/mol. The van der Waals surface area contributed by atoms with Crippen molar-refractivity contribution >= 4 is 5.95 Å². The van der Waals surface area contributed by atoms with E-state index in [9.17, 15) is 0 Å². The van der Waals surface area contributed by atoms with Gasteiger partial charge in [0.15, 0.2) is 0 Å². The highest BCUT2D eigenvalue weighted by Gasteiger charge is 2.10. The molecule has 0 aliphatic heterocycles. The summed E-state index contributed by atoms with van der Waals surface area (Å²) in [6.07, 6.45) is 1.65. The molecule has 17 heavy (non-hydrogen) atoms. The van der Waals surface area contributed by atoms with Gasteiger partial charge in [0.2, 0.25) is 11.8 Å². The maximum absolute atomic E-state index is 5.54. The molecular weight excluding hydrogens is 220 g/mol. The molecule has 0 spiro atoms. The second-order valence-electron chi connectivity index (χ2n) is 4.64. The van der Waals surface area contributed by atoms with E-state index in [0.29, 0.717) is 25.0 Å². The van der Waals surface area contributed by atoms with Crippen LogP contribution in [-0.2, 0) is 4.74 Å². The summed E-state index contributed by atoms with van der Waals surface area (Å²) >= 11 is 0. The molecule has 3 N–H and O–H groups in total. The Bertz CT molecular complexity index is 363. The third kappa shape index (κ3) is 4.97.